The molecule has 0 unspecified atom stereocenters. The molecule has 2 aliphatic rings. The van der Waals surface area contributed by atoms with Crippen molar-refractivity contribution < 1.29 is 18.7 Å². The van der Waals surface area contributed by atoms with Crippen molar-refractivity contribution >= 4 is 5.91 Å². The van der Waals surface area contributed by atoms with Crippen LogP contribution in [0.15, 0.2) is 71.9 Å². The summed E-state index contributed by atoms with van der Waals surface area (Å²) in [6.07, 6.45) is 8.78. The topological polar surface area (TPSA) is 110 Å². The van der Waals surface area contributed by atoms with E-state index in [0.717, 1.165) is 42.5 Å². The molecule has 1 aliphatic carbocycles. The van der Waals surface area contributed by atoms with Crippen LogP contribution >= 0.6 is 0 Å². The van der Waals surface area contributed by atoms with E-state index >= 15 is 0 Å². The number of hydrogen-bond donors (Lipinski definition) is 3. The van der Waals surface area contributed by atoms with Crippen molar-refractivity contribution in [1.29, 1.82) is 0 Å². The molecule has 0 bridgehead atoms. The highest BCUT2D eigenvalue weighted by Gasteiger charge is 2.24. The summed E-state index contributed by atoms with van der Waals surface area (Å²) < 4.78 is 25.7. The van der Waals surface area contributed by atoms with Crippen molar-refractivity contribution in [3.05, 3.63) is 94.4 Å². The van der Waals surface area contributed by atoms with Crippen LogP contribution in [0.5, 0.6) is 11.5 Å². The minimum atomic E-state index is -0.423. The van der Waals surface area contributed by atoms with Crippen LogP contribution in [0.4, 0.5) is 4.39 Å². The van der Waals surface area contributed by atoms with Crippen molar-refractivity contribution in [3.8, 4) is 28.3 Å². The number of aromatic nitrogens is 3. The van der Waals surface area contributed by atoms with E-state index in [1.54, 1.807) is 35.3 Å². The quantitative estimate of drug-likeness (QED) is 0.335. The van der Waals surface area contributed by atoms with Gasteiger partial charge in [-0.05, 0) is 79.3 Å². The van der Waals surface area contributed by atoms with Crippen LogP contribution in [0.25, 0.3) is 16.8 Å². The molecule has 200 valence electrons. The maximum atomic E-state index is 13.2. The number of carbonyl (C=O) groups is 1. The predicted molar refractivity (Wildman–Crippen MR) is 142 cm³/mol. The van der Waals surface area contributed by atoms with E-state index in [2.05, 4.69) is 20.7 Å². The molecule has 3 heterocycles. The first-order valence-electron chi connectivity index (χ1n) is 13.0. The summed E-state index contributed by atoms with van der Waals surface area (Å²) in [7, 11) is 0. The summed E-state index contributed by atoms with van der Waals surface area (Å²) in [6.45, 7) is 0.850. The summed E-state index contributed by atoms with van der Waals surface area (Å²) in [5.41, 5.74) is 3.04. The van der Waals surface area contributed by atoms with Crippen LogP contribution in [0.2, 0.25) is 0 Å². The van der Waals surface area contributed by atoms with Crippen LogP contribution in [0.1, 0.15) is 41.6 Å². The van der Waals surface area contributed by atoms with Crippen LogP contribution in [0, 0.1) is 5.82 Å². The van der Waals surface area contributed by atoms with E-state index in [1.165, 1.54) is 12.1 Å². The Morgan fingerprint density at radius 2 is 1.77 bits per heavy atom. The average molecular weight is 530 g/mol. The van der Waals surface area contributed by atoms with Crippen molar-refractivity contribution in [2.75, 3.05) is 6.79 Å². The molecule has 1 fully saturated rings. The first kappa shape index (κ1) is 24.9. The van der Waals surface area contributed by atoms with Crippen LogP contribution in [0.3, 0.4) is 0 Å². The van der Waals surface area contributed by atoms with Gasteiger partial charge in [0, 0.05) is 36.6 Å². The monoisotopic (exact) mass is 529 g/mol. The number of nitrogens with zero attached hydrogens (tertiary/aromatic N) is 2. The van der Waals surface area contributed by atoms with Crippen molar-refractivity contribution in [2.24, 2.45) is 0 Å². The first-order chi connectivity index (χ1) is 19.0. The number of fused-ring (bicyclic) bond motifs is 1. The standard InChI is InChI=1S/C29H28FN5O4/c30-21-2-8-24(9-3-21)35-16-18(14-33-35)13-31-22-4-6-23(7-5-22)34-29(37)25-11-20(15-32-28(25)36)19-1-10-26-27(12-19)39-17-38-26/h1-3,8-12,14-16,22-23,31H,4-7,13,17H2,(H,32,36)(H,34,37). The fraction of sp³-hybridized carbons (Fsp3) is 0.276. The molecule has 1 aliphatic heterocycles. The summed E-state index contributed by atoms with van der Waals surface area (Å²) in [5.74, 6) is 0.660. The van der Waals surface area contributed by atoms with Crippen molar-refractivity contribution in [1.82, 2.24) is 25.4 Å². The zero-order chi connectivity index (χ0) is 26.8. The minimum Gasteiger partial charge on any atom is -0.454 e. The van der Waals surface area contributed by atoms with E-state index in [-0.39, 0.29) is 30.1 Å². The molecular weight excluding hydrogens is 501 g/mol. The van der Waals surface area contributed by atoms with Gasteiger partial charge < -0.3 is 25.1 Å². The lowest BCUT2D eigenvalue weighted by atomic mass is 9.91. The summed E-state index contributed by atoms with van der Waals surface area (Å²) in [4.78, 5) is 28.2. The molecule has 1 amide bonds. The Kier molecular flexibility index (Phi) is 6.85. The van der Waals surface area contributed by atoms with Gasteiger partial charge in [0.05, 0.1) is 11.9 Å². The number of carbonyl (C=O) groups excluding carboxylic acids is 1. The Labute approximate surface area is 224 Å². The highest BCUT2D eigenvalue weighted by molar-refractivity contribution is 5.95. The molecule has 0 radical (unpaired) electrons. The zero-order valence-corrected chi connectivity index (χ0v) is 21.2. The highest BCUT2D eigenvalue weighted by Crippen LogP contribution is 2.35. The number of benzene rings is 2. The molecule has 9 nitrogen and oxygen atoms in total. The van der Waals surface area contributed by atoms with Gasteiger partial charge >= 0.3 is 0 Å². The van der Waals surface area contributed by atoms with Crippen molar-refractivity contribution in [3.63, 3.8) is 0 Å². The molecule has 2 aromatic heterocycles. The Morgan fingerprint density at radius 3 is 2.59 bits per heavy atom. The SMILES string of the molecule is O=C(NC1CCC(NCc2cnn(-c3ccc(F)cc3)c2)CC1)c1cc(-c2ccc3c(c2)OCO3)c[nH]c1=O. The molecule has 2 aromatic carbocycles. The second-order valence-electron chi connectivity index (χ2n) is 9.87. The highest BCUT2D eigenvalue weighted by atomic mass is 19.1. The van der Waals surface area contributed by atoms with Gasteiger partial charge in [-0.1, -0.05) is 6.07 Å². The van der Waals surface area contributed by atoms with Gasteiger partial charge in [0.1, 0.15) is 11.4 Å². The van der Waals surface area contributed by atoms with Gasteiger partial charge in [0.15, 0.2) is 11.5 Å². The van der Waals surface area contributed by atoms with E-state index in [1.807, 2.05) is 24.4 Å². The maximum Gasteiger partial charge on any atom is 0.260 e. The number of rotatable bonds is 7. The molecule has 3 N–H and O–H groups in total. The van der Waals surface area contributed by atoms with Crippen LogP contribution < -0.4 is 25.7 Å². The number of halogens is 1. The fourth-order valence-corrected chi connectivity index (χ4v) is 5.05. The number of aromatic amines is 1. The largest absolute Gasteiger partial charge is 0.454 e. The van der Waals surface area contributed by atoms with Gasteiger partial charge in [0.2, 0.25) is 6.79 Å². The van der Waals surface area contributed by atoms with E-state index in [0.29, 0.717) is 29.6 Å². The second kappa shape index (κ2) is 10.7. The molecule has 0 atom stereocenters. The number of H-pyrrole nitrogens is 1. The third kappa shape index (κ3) is 5.56. The van der Waals surface area contributed by atoms with Gasteiger partial charge in [-0.15, -0.1) is 0 Å². The van der Waals surface area contributed by atoms with Gasteiger partial charge in [0.25, 0.3) is 11.5 Å². The third-order valence-corrected chi connectivity index (χ3v) is 7.24. The lowest BCUT2D eigenvalue weighted by Gasteiger charge is -2.29. The molecule has 0 saturated heterocycles. The Hall–Kier alpha value is -4.44. The number of nitrogens with one attached hydrogen (secondary N) is 3. The van der Waals surface area contributed by atoms with E-state index in [9.17, 15) is 14.0 Å². The smallest absolute Gasteiger partial charge is 0.260 e. The molecular formula is C29H28FN5O4. The number of hydrogen-bond acceptors (Lipinski definition) is 6. The first-order valence-corrected chi connectivity index (χ1v) is 13.0. The van der Waals surface area contributed by atoms with Crippen molar-refractivity contribution in [2.45, 2.75) is 44.3 Å². The summed E-state index contributed by atoms with van der Waals surface area (Å²) >= 11 is 0. The number of amides is 1. The number of pyridine rings is 1. The summed E-state index contributed by atoms with van der Waals surface area (Å²) in [5, 5.41) is 11.0. The normalized spacial score (nSPS) is 18.2. The lowest BCUT2D eigenvalue weighted by Crippen LogP contribution is -2.43. The van der Waals surface area contributed by atoms with E-state index in [4.69, 9.17) is 9.47 Å². The molecule has 1 saturated carbocycles. The molecule has 39 heavy (non-hydrogen) atoms. The molecule has 10 heteroatoms. The van der Waals surface area contributed by atoms with Gasteiger partial charge in [-0.3, -0.25) is 9.59 Å². The molecule has 4 aromatic rings. The number of ether oxygens (including phenoxy) is 2. The van der Waals surface area contributed by atoms with Crippen LogP contribution in [-0.4, -0.2) is 39.5 Å². The predicted octanol–water partition coefficient (Wildman–Crippen LogP) is 3.93. The third-order valence-electron chi connectivity index (χ3n) is 7.24. The van der Waals surface area contributed by atoms with E-state index < -0.39 is 5.56 Å². The fourth-order valence-electron chi connectivity index (χ4n) is 5.05. The molecule has 0 spiro atoms. The second-order valence-corrected chi connectivity index (χ2v) is 9.87. The minimum absolute atomic E-state index is 0.00498. The zero-order valence-electron chi connectivity index (χ0n) is 21.2. The van der Waals surface area contributed by atoms with Gasteiger partial charge in [-0.2, -0.15) is 5.10 Å². The van der Waals surface area contributed by atoms with Crippen LogP contribution in [-0.2, 0) is 6.54 Å². The van der Waals surface area contributed by atoms with Gasteiger partial charge in [-0.25, -0.2) is 9.07 Å². The lowest BCUT2D eigenvalue weighted by molar-refractivity contribution is 0.0922. The Morgan fingerprint density at radius 1 is 1.00 bits per heavy atom. The summed E-state index contributed by atoms with van der Waals surface area (Å²) in [6, 6.07) is 13.7. The maximum absolute atomic E-state index is 13.2. The Bertz CT molecular complexity index is 1540. The Balaban J connectivity index is 1.01. The molecule has 6 rings (SSSR count). The average Bonchev–Trinajstić information content (AvgIpc) is 3.63.